The minimum absolute atomic E-state index is 0.0394. The monoisotopic (exact) mass is 1040 g/mol. The fourth-order valence-corrected chi connectivity index (χ4v) is 7.67. The smallest absolute Gasteiger partial charge is 0.304 e. The van der Waals surface area contributed by atoms with Gasteiger partial charge in [-0.3, -0.25) is 81.5 Å². The van der Waals surface area contributed by atoms with Crippen LogP contribution in [0.3, 0.4) is 0 Å². The molecule has 0 saturated heterocycles. The number of carbonyl (C=O) groups excluding carboxylic acids is 9. The third-order valence-electron chi connectivity index (χ3n) is 11.4. The summed E-state index contributed by atoms with van der Waals surface area (Å²) in [7, 11) is 1.35. The molecule has 73 heavy (non-hydrogen) atoms. The summed E-state index contributed by atoms with van der Waals surface area (Å²) in [5.74, 6) is -37.7. The van der Waals surface area contributed by atoms with Crippen molar-refractivity contribution in [2.75, 3.05) is 26.9 Å². The van der Waals surface area contributed by atoms with Crippen LogP contribution in [0.15, 0.2) is 0 Å². The van der Waals surface area contributed by atoms with Crippen LogP contribution in [0.4, 0.5) is 0 Å². The molecule has 0 amide bonds. The van der Waals surface area contributed by atoms with E-state index in [1.54, 1.807) is 0 Å². The summed E-state index contributed by atoms with van der Waals surface area (Å²) in [6.07, 6.45) is -17.0. The Morgan fingerprint density at radius 2 is 0.479 bits per heavy atom. The Morgan fingerprint density at radius 3 is 0.671 bits per heavy atom. The van der Waals surface area contributed by atoms with Gasteiger partial charge in [-0.15, -0.1) is 0 Å². The zero-order chi connectivity index (χ0) is 56.3. The molecule has 0 rings (SSSR count). The summed E-state index contributed by atoms with van der Waals surface area (Å²) in [6.45, 7) is 0.449. The fraction of sp³-hybridized carbons (Fsp3) is 0.630. The molecule has 0 heterocycles. The number of ether oxygens (including phenoxy) is 2. The van der Waals surface area contributed by atoms with E-state index >= 15 is 0 Å². The van der Waals surface area contributed by atoms with Gasteiger partial charge in [-0.05, 0) is 6.92 Å². The van der Waals surface area contributed by atoms with Gasteiger partial charge in [0, 0.05) is 106 Å². The predicted octanol–water partition coefficient (Wildman–Crippen LogP) is 0.639. The van der Waals surface area contributed by atoms with Gasteiger partial charge >= 0.3 is 47.8 Å². The highest BCUT2D eigenvalue weighted by Crippen LogP contribution is 2.29. The number of carbonyl (C=O) groups is 17. The van der Waals surface area contributed by atoms with Gasteiger partial charge in [0.15, 0.2) is 5.78 Å². The summed E-state index contributed by atoms with van der Waals surface area (Å²) in [6, 6.07) is 0. The zero-order valence-corrected chi connectivity index (χ0v) is 39.9. The first kappa shape index (κ1) is 65.7. The Bertz CT molecular complexity index is 2120. The molecule has 0 fully saturated rings. The maximum absolute atomic E-state index is 13.7. The largest absolute Gasteiger partial charge is 0.481 e. The average Bonchev–Trinajstić information content (AvgIpc) is 3.24. The number of hydrogen-bond donors (Lipinski definition) is 8. The van der Waals surface area contributed by atoms with Gasteiger partial charge < -0.3 is 50.3 Å². The molecular formula is C46H60O27. The molecule has 8 unspecified atom stereocenters. The van der Waals surface area contributed by atoms with Crippen LogP contribution in [0.1, 0.15) is 110 Å². The summed E-state index contributed by atoms with van der Waals surface area (Å²) in [5, 5.41) is 75.9. The van der Waals surface area contributed by atoms with Crippen LogP contribution in [0.5, 0.6) is 0 Å². The van der Waals surface area contributed by atoms with Crippen molar-refractivity contribution in [1.82, 2.24) is 0 Å². The molecule has 0 aromatic carbocycles. The maximum atomic E-state index is 13.7. The van der Waals surface area contributed by atoms with Gasteiger partial charge in [-0.2, -0.15) is 0 Å². The van der Waals surface area contributed by atoms with Crippen LogP contribution in [-0.2, 0) is 91.0 Å². The molecule has 0 radical (unpaired) electrons. The molecule has 8 atom stereocenters. The highest BCUT2D eigenvalue weighted by molar-refractivity contribution is 6.01. The molecule has 0 bridgehead atoms. The van der Waals surface area contributed by atoms with Crippen LogP contribution >= 0.6 is 0 Å². The van der Waals surface area contributed by atoms with E-state index in [1.807, 2.05) is 0 Å². The number of rotatable bonds is 45. The number of methoxy groups -OCH3 is 1. The lowest BCUT2D eigenvalue weighted by Crippen LogP contribution is -2.33. The van der Waals surface area contributed by atoms with Gasteiger partial charge in [-0.25, -0.2) is 0 Å². The van der Waals surface area contributed by atoms with Crippen LogP contribution in [0, 0.1) is 47.3 Å². The average molecular weight is 1040 g/mol. The lowest BCUT2D eigenvalue weighted by Gasteiger charge is -2.23. The highest BCUT2D eigenvalue weighted by Gasteiger charge is 2.39. The van der Waals surface area contributed by atoms with Crippen molar-refractivity contribution in [3.8, 4) is 0 Å². The molecule has 0 aromatic rings. The molecular weight excluding hydrogens is 984 g/mol. The molecule has 0 aromatic heterocycles. The van der Waals surface area contributed by atoms with Crippen LogP contribution in [0.2, 0.25) is 0 Å². The Balaban J connectivity index is 6.68. The quantitative estimate of drug-likeness (QED) is 0.0388. The van der Waals surface area contributed by atoms with E-state index in [0.29, 0.717) is 0 Å². The second kappa shape index (κ2) is 33.4. The molecule has 0 aliphatic carbocycles. The topological polar surface area (TPSA) is 470 Å². The van der Waals surface area contributed by atoms with Gasteiger partial charge in [0.2, 0.25) is 0 Å². The number of ketones is 9. The van der Waals surface area contributed by atoms with Crippen molar-refractivity contribution in [1.29, 1.82) is 0 Å². The Kier molecular flexibility index (Phi) is 30.0. The van der Waals surface area contributed by atoms with E-state index < -0.39 is 256 Å². The van der Waals surface area contributed by atoms with Gasteiger partial charge in [-0.1, -0.05) is 0 Å². The van der Waals surface area contributed by atoms with Crippen molar-refractivity contribution >= 4 is 99.8 Å². The van der Waals surface area contributed by atoms with Crippen molar-refractivity contribution in [2.24, 2.45) is 47.3 Å². The van der Waals surface area contributed by atoms with Gasteiger partial charge in [0.1, 0.15) is 52.9 Å². The molecule has 0 aliphatic heterocycles. The molecule has 0 saturated carbocycles. The lowest BCUT2D eigenvalue weighted by atomic mass is 9.78. The Labute approximate surface area is 414 Å². The summed E-state index contributed by atoms with van der Waals surface area (Å²) >= 11 is 0. The standard InChI is InChI=1S/C46H60O27/c1-22(47)23(13-39(56)57)6-32(49)25(15-41(60)61)8-34(51)27(17-43(64)65)10-36(53)29(19-45(68)69)12-38(55)30(20-46(70)71)11-37(54)28(18-44(66)67)9-35(52)26(16-42(62)63)7-33(50)24(14-40(58)59)5-31(48)21-73-4-3-72-2/h23-30H,3-21H2,1-2H3,(H,56,57)(H,58,59)(H,60,61)(H,62,63)(H,64,65)(H,66,67)(H,68,69)(H,70,71). The molecule has 27 nitrogen and oxygen atoms in total. The van der Waals surface area contributed by atoms with Crippen LogP contribution < -0.4 is 0 Å². The minimum atomic E-state index is -1.98. The second-order valence-corrected chi connectivity index (χ2v) is 17.5. The Hall–Kier alpha value is -7.29. The molecule has 8 N–H and O–H groups in total. The lowest BCUT2D eigenvalue weighted by molar-refractivity contribution is -0.146. The van der Waals surface area contributed by atoms with E-state index in [0.717, 1.165) is 6.92 Å². The highest BCUT2D eigenvalue weighted by atomic mass is 16.5. The second-order valence-electron chi connectivity index (χ2n) is 17.5. The van der Waals surface area contributed by atoms with E-state index in [9.17, 15) is 117 Å². The number of aliphatic carboxylic acids is 8. The zero-order valence-electron chi connectivity index (χ0n) is 39.9. The fourth-order valence-electron chi connectivity index (χ4n) is 7.67. The maximum Gasteiger partial charge on any atom is 0.304 e. The summed E-state index contributed by atoms with van der Waals surface area (Å²) in [5.41, 5.74) is 0. The van der Waals surface area contributed by atoms with Crippen molar-refractivity contribution in [3.05, 3.63) is 0 Å². The first-order valence-corrected chi connectivity index (χ1v) is 22.4. The number of carboxylic acids is 8. The van der Waals surface area contributed by atoms with E-state index in [-0.39, 0.29) is 13.2 Å². The van der Waals surface area contributed by atoms with Crippen LogP contribution in [-0.4, -0.2) is 168 Å². The van der Waals surface area contributed by atoms with E-state index in [2.05, 4.69) is 0 Å². The molecule has 0 aliphatic rings. The van der Waals surface area contributed by atoms with E-state index in [1.165, 1.54) is 7.11 Å². The predicted molar refractivity (Wildman–Crippen MR) is 236 cm³/mol. The van der Waals surface area contributed by atoms with Crippen molar-refractivity contribution in [3.63, 3.8) is 0 Å². The number of hydrogen-bond acceptors (Lipinski definition) is 19. The van der Waals surface area contributed by atoms with Crippen LogP contribution in [0.25, 0.3) is 0 Å². The summed E-state index contributed by atoms with van der Waals surface area (Å²) < 4.78 is 9.84. The van der Waals surface area contributed by atoms with Crippen molar-refractivity contribution in [2.45, 2.75) is 110 Å². The third kappa shape index (κ3) is 28.4. The normalized spacial score (nSPS) is 14.3. The first-order chi connectivity index (χ1) is 33.9. The number of Topliss-reactive ketones (excluding diaryl/α,β-unsaturated/α-hetero) is 9. The molecule has 27 heteroatoms. The van der Waals surface area contributed by atoms with Gasteiger partial charge in [0.05, 0.1) is 64.6 Å². The first-order valence-electron chi connectivity index (χ1n) is 22.4. The van der Waals surface area contributed by atoms with Crippen molar-refractivity contribution < 1.29 is 132 Å². The number of carboxylic acid groups (broad SMARTS) is 8. The summed E-state index contributed by atoms with van der Waals surface area (Å²) in [4.78, 5) is 213. The SMILES string of the molecule is COCCOCC(=O)CC(CC(=O)O)C(=O)CC(CC(=O)O)C(=O)CC(CC(=O)O)C(=O)CC(CC(=O)O)C(=O)CC(CC(=O)O)C(=O)CC(CC(=O)O)C(=O)CC(CC(=O)O)C(=O)CC(CC(=O)O)C(C)=O. The van der Waals surface area contributed by atoms with Gasteiger partial charge in [0.25, 0.3) is 0 Å². The molecule has 0 spiro atoms. The minimum Gasteiger partial charge on any atom is -0.481 e. The molecule has 406 valence electrons. The third-order valence-corrected chi connectivity index (χ3v) is 11.4. The van der Waals surface area contributed by atoms with E-state index in [4.69, 9.17) is 14.6 Å². The Morgan fingerprint density at radius 1 is 0.288 bits per heavy atom.